The van der Waals surface area contributed by atoms with Gasteiger partial charge in [-0.2, -0.15) is 0 Å². The van der Waals surface area contributed by atoms with E-state index in [1.165, 1.54) is 30.5 Å². The smallest absolute Gasteiger partial charge is 0.270 e. The van der Waals surface area contributed by atoms with Crippen LogP contribution in [0.25, 0.3) is 0 Å². The number of carbonyl (C=O) groups is 2. The van der Waals surface area contributed by atoms with E-state index in [-0.39, 0.29) is 17.8 Å². The summed E-state index contributed by atoms with van der Waals surface area (Å²) in [7, 11) is 0. The minimum atomic E-state index is -0.549. The number of primary amides is 1. The lowest BCUT2D eigenvalue weighted by atomic mass is 10.0. The zero-order valence-corrected chi connectivity index (χ0v) is 25.0. The summed E-state index contributed by atoms with van der Waals surface area (Å²) in [6.07, 6.45) is 5.26. The average Bonchev–Trinajstić information content (AvgIpc) is 3.53. The van der Waals surface area contributed by atoms with Crippen molar-refractivity contribution in [3.63, 3.8) is 0 Å². The molecule has 236 valence electrons. The lowest BCUT2D eigenvalue weighted by Gasteiger charge is -2.36. The summed E-state index contributed by atoms with van der Waals surface area (Å²) < 4.78 is 42.3. The third-order valence-corrected chi connectivity index (χ3v) is 8.17. The van der Waals surface area contributed by atoms with Crippen LogP contribution in [-0.4, -0.2) is 75.3 Å². The fourth-order valence-corrected chi connectivity index (χ4v) is 5.84. The van der Waals surface area contributed by atoms with E-state index in [0.29, 0.717) is 36.6 Å². The molecule has 45 heavy (non-hydrogen) atoms. The summed E-state index contributed by atoms with van der Waals surface area (Å²) in [5.74, 6) is -1.77. The first kappa shape index (κ1) is 31.9. The van der Waals surface area contributed by atoms with Crippen molar-refractivity contribution in [2.45, 2.75) is 32.0 Å². The van der Waals surface area contributed by atoms with E-state index >= 15 is 0 Å². The monoisotopic (exact) mass is 618 g/mol. The SMILES string of the molecule is NC(=O)c1ccccn1.O=C(c1cccn1C1CCN(Cc2cc(F)cc(F)c2)CC1)N1CCN(Cc2ccc(F)cc2)CC1. The molecule has 2 aliphatic heterocycles. The first-order valence-corrected chi connectivity index (χ1v) is 15.1. The Kier molecular flexibility index (Phi) is 10.6. The van der Waals surface area contributed by atoms with Gasteiger partial charge in [0.05, 0.1) is 0 Å². The number of amides is 2. The van der Waals surface area contributed by atoms with Gasteiger partial charge in [0, 0.05) is 76.9 Å². The van der Waals surface area contributed by atoms with Gasteiger partial charge >= 0.3 is 0 Å². The highest BCUT2D eigenvalue weighted by Gasteiger charge is 2.28. The molecule has 11 heteroatoms. The van der Waals surface area contributed by atoms with E-state index in [9.17, 15) is 22.8 Å². The van der Waals surface area contributed by atoms with Gasteiger partial charge in [-0.3, -0.25) is 24.4 Å². The molecule has 4 heterocycles. The van der Waals surface area contributed by atoms with Crippen LogP contribution in [-0.2, 0) is 13.1 Å². The molecule has 0 bridgehead atoms. The highest BCUT2D eigenvalue weighted by Crippen LogP contribution is 2.27. The van der Waals surface area contributed by atoms with Crippen molar-refractivity contribution in [2.24, 2.45) is 5.73 Å². The summed E-state index contributed by atoms with van der Waals surface area (Å²) in [4.78, 5) is 33.8. The van der Waals surface area contributed by atoms with Gasteiger partial charge in [0.25, 0.3) is 11.8 Å². The van der Waals surface area contributed by atoms with E-state index in [4.69, 9.17) is 5.73 Å². The number of nitrogens with zero attached hydrogens (tertiary/aromatic N) is 5. The Balaban J connectivity index is 0.000000383. The maximum absolute atomic E-state index is 13.5. The lowest BCUT2D eigenvalue weighted by Crippen LogP contribution is -2.48. The maximum atomic E-state index is 13.5. The second-order valence-corrected chi connectivity index (χ2v) is 11.4. The number of hydrogen-bond donors (Lipinski definition) is 1. The maximum Gasteiger partial charge on any atom is 0.270 e. The third kappa shape index (κ3) is 8.80. The van der Waals surface area contributed by atoms with Gasteiger partial charge < -0.3 is 15.2 Å². The van der Waals surface area contributed by atoms with Crippen LogP contribution in [0.1, 0.15) is 51.0 Å². The summed E-state index contributed by atoms with van der Waals surface area (Å²) in [6, 6.07) is 19.3. The predicted molar refractivity (Wildman–Crippen MR) is 165 cm³/mol. The molecule has 0 aliphatic carbocycles. The van der Waals surface area contributed by atoms with E-state index in [1.54, 1.807) is 18.2 Å². The Bertz CT molecular complexity index is 1540. The Morgan fingerprint density at radius 3 is 1.98 bits per heavy atom. The van der Waals surface area contributed by atoms with Crippen LogP contribution < -0.4 is 5.73 Å². The quantitative estimate of drug-likeness (QED) is 0.319. The summed E-state index contributed by atoms with van der Waals surface area (Å²) >= 11 is 0. The molecule has 0 saturated carbocycles. The number of hydrogen-bond acceptors (Lipinski definition) is 5. The van der Waals surface area contributed by atoms with Gasteiger partial charge in [-0.15, -0.1) is 0 Å². The molecule has 2 N–H and O–H groups in total. The van der Waals surface area contributed by atoms with Crippen LogP contribution in [0.5, 0.6) is 0 Å². The highest BCUT2D eigenvalue weighted by molar-refractivity contribution is 5.93. The molecule has 2 aromatic carbocycles. The van der Waals surface area contributed by atoms with Crippen molar-refractivity contribution in [2.75, 3.05) is 39.3 Å². The number of halogens is 3. The van der Waals surface area contributed by atoms with Gasteiger partial charge in [-0.05, 0) is 72.5 Å². The second-order valence-electron chi connectivity index (χ2n) is 11.4. The Morgan fingerprint density at radius 1 is 0.733 bits per heavy atom. The normalized spacial score (nSPS) is 16.2. The minimum absolute atomic E-state index is 0.0547. The van der Waals surface area contributed by atoms with Crippen molar-refractivity contribution in [1.82, 2.24) is 24.3 Å². The van der Waals surface area contributed by atoms with Crippen molar-refractivity contribution in [1.29, 1.82) is 0 Å². The largest absolute Gasteiger partial charge is 0.364 e. The van der Waals surface area contributed by atoms with E-state index in [1.807, 2.05) is 35.4 Å². The molecule has 6 rings (SSSR count). The number of carbonyl (C=O) groups excluding carboxylic acids is 2. The molecule has 2 aromatic heterocycles. The third-order valence-electron chi connectivity index (χ3n) is 8.17. The zero-order valence-electron chi connectivity index (χ0n) is 25.0. The number of rotatable bonds is 7. The summed E-state index contributed by atoms with van der Waals surface area (Å²) in [5.41, 5.74) is 7.64. The van der Waals surface area contributed by atoms with Crippen molar-refractivity contribution in [3.8, 4) is 0 Å². The minimum Gasteiger partial charge on any atom is -0.364 e. The van der Waals surface area contributed by atoms with Crippen LogP contribution >= 0.6 is 0 Å². The van der Waals surface area contributed by atoms with Crippen LogP contribution in [0.15, 0.2) is 85.2 Å². The summed E-state index contributed by atoms with van der Waals surface area (Å²) in [5, 5.41) is 0. The first-order chi connectivity index (χ1) is 21.7. The van der Waals surface area contributed by atoms with Crippen molar-refractivity contribution >= 4 is 11.8 Å². The molecule has 8 nitrogen and oxygen atoms in total. The predicted octanol–water partition coefficient (Wildman–Crippen LogP) is 4.88. The molecular weight excluding hydrogens is 581 g/mol. The number of piperazine rings is 1. The number of nitrogens with two attached hydrogens (primary N) is 1. The van der Waals surface area contributed by atoms with Gasteiger partial charge in [0.1, 0.15) is 28.8 Å². The van der Waals surface area contributed by atoms with Crippen LogP contribution in [0.3, 0.4) is 0 Å². The second kappa shape index (κ2) is 15.0. The zero-order chi connectivity index (χ0) is 31.8. The van der Waals surface area contributed by atoms with Gasteiger partial charge in [0.2, 0.25) is 0 Å². The molecular formula is C34H37F3N6O2. The average molecular weight is 619 g/mol. The standard InChI is InChI=1S/C28H31F3N4O.C6H6N2O/c29-23-5-3-21(4-6-23)19-33-12-14-34(15-13-33)28(36)27-2-1-9-35(27)26-7-10-32(11-8-26)20-22-16-24(30)18-25(31)17-22;7-6(9)5-3-1-2-4-8-5/h1-6,9,16-18,26H,7-8,10-15,19-20H2;1-4H,(H2,7,9). The van der Waals surface area contributed by atoms with E-state index in [0.717, 1.165) is 57.2 Å². The molecule has 0 atom stereocenters. The fourth-order valence-electron chi connectivity index (χ4n) is 5.84. The Morgan fingerprint density at radius 2 is 1.38 bits per heavy atom. The highest BCUT2D eigenvalue weighted by atomic mass is 19.1. The topological polar surface area (TPSA) is 87.7 Å². The first-order valence-electron chi connectivity index (χ1n) is 15.1. The van der Waals surface area contributed by atoms with Gasteiger partial charge in [0.15, 0.2) is 0 Å². The van der Waals surface area contributed by atoms with Gasteiger partial charge in [-0.1, -0.05) is 18.2 Å². The number of benzene rings is 2. The summed E-state index contributed by atoms with van der Waals surface area (Å²) in [6.45, 7) is 5.75. The molecule has 2 fully saturated rings. The van der Waals surface area contributed by atoms with E-state index < -0.39 is 17.5 Å². The number of aromatic nitrogens is 2. The number of likely N-dealkylation sites (tertiary alicyclic amines) is 1. The van der Waals surface area contributed by atoms with E-state index in [2.05, 4.69) is 19.4 Å². The molecule has 0 radical (unpaired) electrons. The molecule has 0 spiro atoms. The van der Waals surface area contributed by atoms with Crippen LogP contribution in [0, 0.1) is 17.5 Å². The molecule has 4 aromatic rings. The van der Waals surface area contributed by atoms with Gasteiger partial charge in [-0.25, -0.2) is 13.2 Å². The Labute approximate surface area is 260 Å². The fraction of sp³-hybridized carbons (Fsp3) is 0.324. The molecule has 0 unspecified atom stereocenters. The van der Waals surface area contributed by atoms with Crippen molar-refractivity contribution in [3.05, 3.63) is 125 Å². The lowest BCUT2D eigenvalue weighted by molar-refractivity contribution is 0.0611. The number of pyridine rings is 1. The molecule has 2 amide bonds. The molecule has 2 aliphatic rings. The van der Waals surface area contributed by atoms with Crippen LogP contribution in [0.2, 0.25) is 0 Å². The van der Waals surface area contributed by atoms with Crippen molar-refractivity contribution < 1.29 is 22.8 Å². The number of piperidine rings is 1. The van der Waals surface area contributed by atoms with Crippen LogP contribution in [0.4, 0.5) is 13.2 Å². The Hall–Kier alpha value is -4.48. The molecule has 2 saturated heterocycles.